The van der Waals surface area contributed by atoms with Gasteiger partial charge >= 0.3 is 5.97 Å². The third-order valence-electron chi connectivity index (χ3n) is 2.25. The summed E-state index contributed by atoms with van der Waals surface area (Å²) in [5.41, 5.74) is -0.469. The van der Waals surface area contributed by atoms with Crippen LogP contribution in [0.4, 0.5) is 0 Å². The van der Waals surface area contributed by atoms with E-state index in [1.165, 1.54) is 4.70 Å². The van der Waals surface area contributed by atoms with E-state index in [-0.39, 0.29) is 5.97 Å². The highest BCUT2D eigenvalue weighted by Gasteiger charge is 2.23. The molecule has 0 amide bonds. The molecule has 2 aromatic rings. The van der Waals surface area contributed by atoms with Gasteiger partial charge in [0.05, 0.1) is 5.41 Å². The van der Waals surface area contributed by atoms with E-state index >= 15 is 0 Å². The van der Waals surface area contributed by atoms with Crippen molar-refractivity contribution in [1.29, 1.82) is 0 Å². The smallest absolute Gasteiger partial charge is 0.316 e. The SMILES string of the molecule is CC(C)(C)C(=O)Oc1ccc2sccc2c1. The Morgan fingerprint density at radius 3 is 2.69 bits per heavy atom. The van der Waals surface area contributed by atoms with Gasteiger partial charge in [0.25, 0.3) is 0 Å². The molecule has 84 valence electrons. The molecule has 3 heteroatoms. The van der Waals surface area contributed by atoms with Crippen molar-refractivity contribution in [2.45, 2.75) is 20.8 Å². The van der Waals surface area contributed by atoms with Gasteiger partial charge in [0.15, 0.2) is 0 Å². The first-order valence-corrected chi connectivity index (χ1v) is 6.04. The van der Waals surface area contributed by atoms with Crippen LogP contribution in [-0.2, 0) is 4.79 Å². The Morgan fingerprint density at radius 1 is 1.25 bits per heavy atom. The summed E-state index contributed by atoms with van der Waals surface area (Å²) >= 11 is 1.68. The minimum absolute atomic E-state index is 0.206. The largest absolute Gasteiger partial charge is 0.426 e. The van der Waals surface area contributed by atoms with E-state index in [0.717, 1.165) is 5.39 Å². The molecule has 1 aromatic heterocycles. The summed E-state index contributed by atoms with van der Waals surface area (Å²) in [6.45, 7) is 5.54. The lowest BCUT2D eigenvalue weighted by atomic mass is 9.97. The van der Waals surface area contributed by atoms with Gasteiger partial charge in [-0.25, -0.2) is 0 Å². The summed E-state index contributed by atoms with van der Waals surface area (Å²) in [6, 6.07) is 7.73. The van der Waals surface area contributed by atoms with Gasteiger partial charge in [0.1, 0.15) is 5.75 Å². The maximum Gasteiger partial charge on any atom is 0.316 e. The lowest BCUT2D eigenvalue weighted by Gasteiger charge is -2.16. The molecule has 0 unspecified atom stereocenters. The lowest BCUT2D eigenvalue weighted by molar-refractivity contribution is -0.142. The first-order valence-electron chi connectivity index (χ1n) is 5.16. The highest BCUT2D eigenvalue weighted by Crippen LogP contribution is 2.26. The molecule has 1 aromatic carbocycles. The van der Waals surface area contributed by atoms with Crippen LogP contribution in [0.25, 0.3) is 10.1 Å². The minimum Gasteiger partial charge on any atom is -0.426 e. The van der Waals surface area contributed by atoms with Gasteiger partial charge in [-0.05, 0) is 55.8 Å². The lowest BCUT2D eigenvalue weighted by Crippen LogP contribution is -2.25. The molecule has 0 radical (unpaired) electrons. The van der Waals surface area contributed by atoms with E-state index in [4.69, 9.17) is 4.74 Å². The standard InChI is InChI=1S/C13H14O2S/c1-13(2,3)12(14)15-10-4-5-11-9(8-10)6-7-16-11/h4-8H,1-3H3. The first-order chi connectivity index (χ1) is 7.47. The molecule has 2 rings (SSSR count). The molecule has 0 saturated carbocycles. The normalized spacial score (nSPS) is 11.7. The number of rotatable bonds is 1. The molecular formula is C13H14O2S. The van der Waals surface area contributed by atoms with Gasteiger partial charge in [-0.3, -0.25) is 4.79 Å². The minimum atomic E-state index is -0.469. The molecule has 16 heavy (non-hydrogen) atoms. The molecule has 0 bridgehead atoms. The van der Waals surface area contributed by atoms with Crippen molar-refractivity contribution in [3.63, 3.8) is 0 Å². The van der Waals surface area contributed by atoms with E-state index in [1.807, 2.05) is 50.4 Å². The van der Waals surface area contributed by atoms with Crippen LogP contribution in [0.3, 0.4) is 0 Å². The first kappa shape index (κ1) is 11.1. The van der Waals surface area contributed by atoms with Crippen molar-refractivity contribution in [3.8, 4) is 5.75 Å². The Kier molecular flexibility index (Phi) is 2.72. The Balaban J connectivity index is 2.24. The van der Waals surface area contributed by atoms with E-state index < -0.39 is 5.41 Å². The van der Waals surface area contributed by atoms with Gasteiger partial charge in [-0.15, -0.1) is 11.3 Å². The maximum atomic E-state index is 11.7. The van der Waals surface area contributed by atoms with Crippen LogP contribution in [0.15, 0.2) is 29.6 Å². The predicted molar refractivity (Wildman–Crippen MR) is 66.9 cm³/mol. The highest BCUT2D eigenvalue weighted by molar-refractivity contribution is 7.17. The van der Waals surface area contributed by atoms with Gasteiger partial charge in [0.2, 0.25) is 0 Å². The fourth-order valence-electron chi connectivity index (χ4n) is 1.27. The number of fused-ring (bicyclic) bond motifs is 1. The molecule has 0 aliphatic carbocycles. The molecule has 0 saturated heterocycles. The van der Waals surface area contributed by atoms with E-state index in [0.29, 0.717) is 5.75 Å². The van der Waals surface area contributed by atoms with Crippen molar-refractivity contribution in [2.24, 2.45) is 5.41 Å². The third-order valence-corrected chi connectivity index (χ3v) is 3.14. The zero-order valence-electron chi connectivity index (χ0n) is 9.61. The van der Waals surface area contributed by atoms with Gasteiger partial charge in [-0.1, -0.05) is 0 Å². The number of hydrogen-bond acceptors (Lipinski definition) is 3. The van der Waals surface area contributed by atoms with Crippen molar-refractivity contribution >= 4 is 27.4 Å². The monoisotopic (exact) mass is 234 g/mol. The van der Waals surface area contributed by atoms with E-state index in [9.17, 15) is 4.79 Å². The van der Waals surface area contributed by atoms with Crippen molar-refractivity contribution < 1.29 is 9.53 Å². The van der Waals surface area contributed by atoms with Crippen LogP contribution >= 0.6 is 11.3 Å². The van der Waals surface area contributed by atoms with Crippen LogP contribution in [-0.4, -0.2) is 5.97 Å². The summed E-state index contributed by atoms with van der Waals surface area (Å²) in [6.07, 6.45) is 0. The van der Waals surface area contributed by atoms with E-state index in [1.54, 1.807) is 11.3 Å². The number of hydrogen-bond donors (Lipinski definition) is 0. The zero-order valence-corrected chi connectivity index (χ0v) is 10.4. The molecule has 0 fully saturated rings. The number of thiophene rings is 1. The third kappa shape index (κ3) is 2.25. The number of carbonyl (C=O) groups excluding carboxylic acids is 1. The maximum absolute atomic E-state index is 11.7. The molecule has 0 N–H and O–H groups in total. The van der Waals surface area contributed by atoms with Gasteiger partial charge in [0, 0.05) is 4.70 Å². The molecule has 0 spiro atoms. The van der Waals surface area contributed by atoms with Crippen LogP contribution < -0.4 is 4.74 Å². The molecule has 2 nitrogen and oxygen atoms in total. The number of carbonyl (C=O) groups is 1. The Labute approximate surface area is 98.9 Å². The van der Waals surface area contributed by atoms with Gasteiger partial charge < -0.3 is 4.74 Å². The number of benzene rings is 1. The molecule has 1 heterocycles. The van der Waals surface area contributed by atoms with Crippen LogP contribution in [0.2, 0.25) is 0 Å². The molecule has 0 atom stereocenters. The number of ether oxygens (including phenoxy) is 1. The Hall–Kier alpha value is -1.35. The number of esters is 1. The van der Waals surface area contributed by atoms with Gasteiger partial charge in [-0.2, -0.15) is 0 Å². The average molecular weight is 234 g/mol. The zero-order chi connectivity index (χ0) is 11.8. The summed E-state index contributed by atoms with van der Waals surface area (Å²) in [5, 5.41) is 3.14. The average Bonchev–Trinajstić information content (AvgIpc) is 2.63. The summed E-state index contributed by atoms with van der Waals surface area (Å²) in [7, 11) is 0. The van der Waals surface area contributed by atoms with Crippen LogP contribution in [0, 0.1) is 5.41 Å². The molecular weight excluding hydrogens is 220 g/mol. The molecule has 0 aliphatic rings. The second-order valence-corrected chi connectivity index (χ2v) is 5.71. The topological polar surface area (TPSA) is 26.3 Å². The summed E-state index contributed by atoms with van der Waals surface area (Å²) in [5.74, 6) is 0.410. The summed E-state index contributed by atoms with van der Waals surface area (Å²) in [4.78, 5) is 11.7. The van der Waals surface area contributed by atoms with Crippen LogP contribution in [0.5, 0.6) is 5.75 Å². The van der Waals surface area contributed by atoms with Crippen LogP contribution in [0.1, 0.15) is 20.8 Å². The van der Waals surface area contributed by atoms with E-state index in [2.05, 4.69) is 0 Å². The highest BCUT2D eigenvalue weighted by atomic mass is 32.1. The quantitative estimate of drug-likeness (QED) is 0.553. The predicted octanol–water partition coefficient (Wildman–Crippen LogP) is 3.85. The fraction of sp³-hybridized carbons (Fsp3) is 0.308. The van der Waals surface area contributed by atoms with Crippen molar-refractivity contribution in [3.05, 3.63) is 29.6 Å². The van der Waals surface area contributed by atoms with Crippen molar-refractivity contribution in [2.75, 3.05) is 0 Å². The Morgan fingerprint density at radius 2 is 2.00 bits per heavy atom. The summed E-state index contributed by atoms with van der Waals surface area (Å²) < 4.78 is 6.53. The second kappa shape index (κ2) is 3.91. The fourth-order valence-corrected chi connectivity index (χ4v) is 2.04. The van der Waals surface area contributed by atoms with Crippen molar-refractivity contribution in [1.82, 2.24) is 0 Å². The Bertz CT molecular complexity index is 520. The second-order valence-electron chi connectivity index (χ2n) is 4.76. The molecule has 0 aliphatic heterocycles.